The largest absolute Gasteiger partial charge is 0.417 e. The summed E-state index contributed by atoms with van der Waals surface area (Å²) < 4.78 is 40.2. The molecular weight excluding hydrogens is 329 g/mol. The van der Waals surface area contributed by atoms with Crippen LogP contribution in [0.4, 0.5) is 24.7 Å². The van der Waals surface area contributed by atoms with Crippen LogP contribution in [0.25, 0.3) is 5.65 Å². The highest BCUT2D eigenvalue weighted by atomic mass is 19.4. The van der Waals surface area contributed by atoms with E-state index in [-0.39, 0.29) is 0 Å². The van der Waals surface area contributed by atoms with Crippen molar-refractivity contribution in [3.05, 3.63) is 58.9 Å². The molecule has 0 spiro atoms. The van der Waals surface area contributed by atoms with Crippen molar-refractivity contribution in [3.63, 3.8) is 0 Å². The molecule has 0 aliphatic heterocycles. The number of aryl methyl sites for hydroxylation is 3. The maximum Gasteiger partial charge on any atom is 0.417 e. The first-order valence-electron chi connectivity index (χ1n) is 7.87. The highest BCUT2D eigenvalue weighted by Gasteiger charge is 2.31. The molecule has 0 N–H and O–H groups in total. The zero-order chi connectivity index (χ0) is 18.2. The van der Waals surface area contributed by atoms with E-state index in [0.29, 0.717) is 17.2 Å². The molecule has 1 aromatic carbocycles. The third-order valence-corrected chi connectivity index (χ3v) is 4.04. The number of pyridine rings is 1. The number of hydrogen-bond donors (Lipinski definition) is 0. The minimum Gasteiger partial charge on any atom is -0.282 e. The van der Waals surface area contributed by atoms with Gasteiger partial charge in [0, 0.05) is 6.20 Å². The van der Waals surface area contributed by atoms with E-state index in [0.717, 1.165) is 35.5 Å². The van der Waals surface area contributed by atoms with Crippen molar-refractivity contribution in [2.75, 3.05) is 0 Å². The van der Waals surface area contributed by atoms with Gasteiger partial charge in [-0.25, -0.2) is 4.98 Å². The van der Waals surface area contributed by atoms with Crippen molar-refractivity contribution in [1.29, 1.82) is 0 Å². The van der Waals surface area contributed by atoms with Crippen LogP contribution in [0.1, 0.15) is 29.3 Å². The molecule has 0 aliphatic carbocycles. The molecule has 2 heterocycles. The normalized spacial score (nSPS) is 12.4. The lowest BCUT2D eigenvalue weighted by atomic mass is 10.1. The molecule has 3 rings (SSSR count). The Labute approximate surface area is 143 Å². The summed E-state index contributed by atoms with van der Waals surface area (Å²) in [5.74, 6) is 0.298. The monoisotopic (exact) mass is 346 g/mol. The summed E-state index contributed by atoms with van der Waals surface area (Å²) in [7, 11) is 0. The predicted molar refractivity (Wildman–Crippen MR) is 89.7 cm³/mol. The van der Waals surface area contributed by atoms with Gasteiger partial charge in [0.05, 0.1) is 16.9 Å². The van der Waals surface area contributed by atoms with Gasteiger partial charge in [0.15, 0.2) is 5.82 Å². The summed E-state index contributed by atoms with van der Waals surface area (Å²) in [5, 5.41) is 8.52. The SMILES string of the molecule is CCc1cccc(C)c1N=Nc1c(C)nc2ccc(C(F)(F)F)cn12. The molecule has 0 unspecified atom stereocenters. The minimum atomic E-state index is -4.42. The second-order valence-corrected chi connectivity index (χ2v) is 5.80. The van der Waals surface area contributed by atoms with Gasteiger partial charge in [0.1, 0.15) is 5.65 Å². The van der Waals surface area contributed by atoms with Crippen LogP contribution in [-0.4, -0.2) is 9.38 Å². The van der Waals surface area contributed by atoms with Crippen molar-refractivity contribution in [2.24, 2.45) is 10.2 Å². The predicted octanol–water partition coefficient (Wildman–Crippen LogP) is 5.95. The lowest BCUT2D eigenvalue weighted by molar-refractivity contribution is -0.137. The van der Waals surface area contributed by atoms with E-state index in [1.807, 2.05) is 32.0 Å². The third-order valence-electron chi connectivity index (χ3n) is 4.04. The zero-order valence-electron chi connectivity index (χ0n) is 14.1. The zero-order valence-corrected chi connectivity index (χ0v) is 14.1. The molecule has 130 valence electrons. The van der Waals surface area contributed by atoms with Gasteiger partial charge in [-0.2, -0.15) is 13.2 Å². The van der Waals surface area contributed by atoms with E-state index in [1.54, 1.807) is 6.92 Å². The third kappa shape index (κ3) is 3.26. The number of fused-ring (bicyclic) bond motifs is 1. The van der Waals surface area contributed by atoms with Crippen LogP contribution in [0.15, 0.2) is 46.8 Å². The number of alkyl halides is 3. The molecule has 0 radical (unpaired) electrons. The number of azo groups is 1. The Balaban J connectivity index is 2.12. The Bertz CT molecular complexity index is 955. The van der Waals surface area contributed by atoms with Crippen LogP contribution in [0.3, 0.4) is 0 Å². The number of hydrogen-bond acceptors (Lipinski definition) is 3. The standard InChI is InChI=1S/C18H17F3N4/c1-4-13-7-5-6-11(2)16(13)23-24-17-12(3)22-15-9-8-14(10-25(15)17)18(19,20)21/h5-10H,4H2,1-3H3. The molecule has 0 saturated carbocycles. The molecule has 2 aromatic heterocycles. The fraction of sp³-hybridized carbons (Fsp3) is 0.278. The van der Waals surface area contributed by atoms with Crippen molar-refractivity contribution in [2.45, 2.75) is 33.4 Å². The summed E-state index contributed by atoms with van der Waals surface area (Å²) in [4.78, 5) is 4.26. The van der Waals surface area contributed by atoms with E-state index < -0.39 is 11.7 Å². The average Bonchev–Trinajstić information content (AvgIpc) is 2.87. The van der Waals surface area contributed by atoms with Crippen molar-refractivity contribution in [1.82, 2.24) is 9.38 Å². The summed E-state index contributed by atoms with van der Waals surface area (Å²) in [6.07, 6.45) is -2.63. The Hall–Kier alpha value is -2.70. The number of benzene rings is 1. The van der Waals surface area contributed by atoms with E-state index in [2.05, 4.69) is 15.2 Å². The molecule has 0 fully saturated rings. The Morgan fingerprint density at radius 2 is 1.84 bits per heavy atom. The van der Waals surface area contributed by atoms with Crippen LogP contribution in [-0.2, 0) is 12.6 Å². The molecule has 0 amide bonds. The maximum absolute atomic E-state index is 13.0. The molecular formula is C18H17F3N4. The highest BCUT2D eigenvalue weighted by Crippen LogP contribution is 2.32. The van der Waals surface area contributed by atoms with Crippen LogP contribution < -0.4 is 0 Å². The Morgan fingerprint density at radius 3 is 2.52 bits per heavy atom. The number of nitrogens with zero attached hydrogens (tertiary/aromatic N) is 4. The van der Waals surface area contributed by atoms with Gasteiger partial charge in [-0.3, -0.25) is 4.40 Å². The number of rotatable bonds is 3. The van der Waals surface area contributed by atoms with Crippen molar-refractivity contribution < 1.29 is 13.2 Å². The second kappa shape index (κ2) is 6.31. The maximum atomic E-state index is 13.0. The first-order valence-corrected chi connectivity index (χ1v) is 7.87. The smallest absolute Gasteiger partial charge is 0.282 e. The molecule has 0 bridgehead atoms. The van der Waals surface area contributed by atoms with Gasteiger partial charge in [0.2, 0.25) is 0 Å². The number of halogens is 3. The summed E-state index contributed by atoms with van der Waals surface area (Å²) in [6.45, 7) is 5.65. The Kier molecular flexibility index (Phi) is 4.32. The van der Waals surface area contributed by atoms with Gasteiger partial charge < -0.3 is 0 Å². The second-order valence-electron chi connectivity index (χ2n) is 5.80. The summed E-state index contributed by atoms with van der Waals surface area (Å²) in [6, 6.07) is 8.18. The van der Waals surface area contributed by atoms with Crippen LogP contribution in [0.2, 0.25) is 0 Å². The average molecular weight is 346 g/mol. The molecule has 4 nitrogen and oxygen atoms in total. The van der Waals surface area contributed by atoms with Crippen molar-refractivity contribution in [3.8, 4) is 0 Å². The quantitative estimate of drug-likeness (QED) is 0.541. The fourth-order valence-electron chi connectivity index (χ4n) is 2.68. The van der Waals surface area contributed by atoms with Gasteiger partial charge in [0.25, 0.3) is 0 Å². The van der Waals surface area contributed by atoms with Crippen LogP contribution >= 0.6 is 0 Å². The molecule has 0 atom stereocenters. The van der Waals surface area contributed by atoms with Crippen LogP contribution in [0, 0.1) is 13.8 Å². The van der Waals surface area contributed by atoms with Gasteiger partial charge in [-0.15, -0.1) is 10.2 Å². The molecule has 0 aliphatic rings. The topological polar surface area (TPSA) is 42.0 Å². The van der Waals surface area contributed by atoms with Crippen molar-refractivity contribution >= 4 is 17.2 Å². The first kappa shape index (κ1) is 17.1. The lowest BCUT2D eigenvalue weighted by Crippen LogP contribution is -2.06. The lowest BCUT2D eigenvalue weighted by Gasteiger charge is -2.07. The minimum absolute atomic E-state index is 0.298. The Morgan fingerprint density at radius 1 is 1.08 bits per heavy atom. The van der Waals surface area contributed by atoms with E-state index in [4.69, 9.17) is 0 Å². The van der Waals surface area contributed by atoms with Gasteiger partial charge in [-0.1, -0.05) is 25.1 Å². The molecule has 7 heteroatoms. The molecule has 25 heavy (non-hydrogen) atoms. The number of aromatic nitrogens is 2. The van der Waals surface area contributed by atoms with E-state index in [1.165, 1.54) is 10.5 Å². The summed E-state index contributed by atoms with van der Waals surface area (Å²) in [5.41, 5.74) is 2.91. The first-order chi connectivity index (χ1) is 11.8. The number of imidazole rings is 1. The fourth-order valence-corrected chi connectivity index (χ4v) is 2.68. The van der Waals surface area contributed by atoms with Gasteiger partial charge >= 0.3 is 6.18 Å². The van der Waals surface area contributed by atoms with Gasteiger partial charge in [-0.05, 0) is 43.5 Å². The van der Waals surface area contributed by atoms with E-state index >= 15 is 0 Å². The molecule has 3 aromatic rings. The summed E-state index contributed by atoms with van der Waals surface area (Å²) >= 11 is 0. The molecule has 0 saturated heterocycles. The van der Waals surface area contributed by atoms with Crippen LogP contribution in [0.5, 0.6) is 0 Å². The van der Waals surface area contributed by atoms with E-state index in [9.17, 15) is 13.2 Å². The highest BCUT2D eigenvalue weighted by molar-refractivity contribution is 5.55.